The Kier molecular flexibility index (Phi) is 4.50. The first-order chi connectivity index (χ1) is 8.95. The Hall–Kier alpha value is -1.04. The molecule has 0 bridgehead atoms. The first-order valence-corrected chi connectivity index (χ1v) is 6.95. The van der Waals surface area contributed by atoms with E-state index in [4.69, 9.17) is 23.2 Å². The number of anilines is 1. The van der Waals surface area contributed by atoms with Gasteiger partial charge in [-0.15, -0.1) is 0 Å². The minimum Gasteiger partial charge on any atom is -0.309 e. The topological polar surface area (TPSA) is 46.9 Å². The molecule has 0 atom stereocenters. The zero-order valence-corrected chi connectivity index (χ0v) is 13.1. The lowest BCUT2D eigenvalue weighted by molar-refractivity contribution is -0.114. The molecular formula is C12H10BrCl2N3O. The zero-order valence-electron chi connectivity index (χ0n) is 9.95. The predicted octanol–water partition coefficient (Wildman–Crippen LogP) is 3.96. The summed E-state index contributed by atoms with van der Waals surface area (Å²) in [7, 11) is 0. The molecule has 7 heteroatoms. The van der Waals surface area contributed by atoms with E-state index in [9.17, 15) is 4.79 Å². The molecule has 0 saturated carbocycles. The zero-order chi connectivity index (χ0) is 14.0. The average Bonchev–Trinajstić information content (AvgIpc) is 2.64. The molecule has 19 heavy (non-hydrogen) atoms. The molecule has 0 fully saturated rings. The van der Waals surface area contributed by atoms with Crippen LogP contribution in [-0.4, -0.2) is 15.7 Å². The van der Waals surface area contributed by atoms with E-state index in [0.29, 0.717) is 22.4 Å². The molecule has 0 spiro atoms. The number of rotatable bonds is 3. The largest absolute Gasteiger partial charge is 0.309 e. The maximum atomic E-state index is 11.0. The normalized spacial score (nSPS) is 10.5. The monoisotopic (exact) mass is 361 g/mol. The Labute approximate surface area is 128 Å². The van der Waals surface area contributed by atoms with Gasteiger partial charge >= 0.3 is 0 Å². The summed E-state index contributed by atoms with van der Waals surface area (Å²) in [5, 5.41) is 7.92. The third-order valence-corrected chi connectivity index (χ3v) is 3.66. The van der Waals surface area contributed by atoms with Gasteiger partial charge in [0.1, 0.15) is 0 Å². The van der Waals surface area contributed by atoms with Crippen molar-refractivity contribution in [2.45, 2.75) is 13.5 Å². The van der Waals surface area contributed by atoms with Crippen molar-refractivity contribution in [3.63, 3.8) is 0 Å². The summed E-state index contributed by atoms with van der Waals surface area (Å²) >= 11 is 15.2. The van der Waals surface area contributed by atoms with Crippen molar-refractivity contribution in [2.24, 2.45) is 0 Å². The third kappa shape index (κ3) is 3.72. The van der Waals surface area contributed by atoms with E-state index in [0.717, 1.165) is 10.0 Å². The van der Waals surface area contributed by atoms with E-state index in [1.807, 2.05) is 6.07 Å². The maximum absolute atomic E-state index is 11.0. The second-order valence-corrected chi connectivity index (χ2v) is 5.62. The SMILES string of the molecule is CC(=O)Nc1nn(Cc2ccc(Cl)c(Cl)c2)cc1Br. The van der Waals surface area contributed by atoms with Crippen LogP contribution in [-0.2, 0) is 11.3 Å². The molecule has 0 saturated heterocycles. The lowest BCUT2D eigenvalue weighted by Gasteiger charge is -2.03. The third-order valence-electron chi connectivity index (χ3n) is 2.34. The predicted molar refractivity (Wildman–Crippen MR) is 79.8 cm³/mol. The highest BCUT2D eigenvalue weighted by Crippen LogP contribution is 2.24. The van der Waals surface area contributed by atoms with E-state index in [-0.39, 0.29) is 5.91 Å². The van der Waals surface area contributed by atoms with Crippen LogP contribution in [0, 0.1) is 0 Å². The highest BCUT2D eigenvalue weighted by molar-refractivity contribution is 9.10. The van der Waals surface area contributed by atoms with Crippen LogP contribution in [0.3, 0.4) is 0 Å². The van der Waals surface area contributed by atoms with Crippen molar-refractivity contribution in [1.82, 2.24) is 9.78 Å². The van der Waals surface area contributed by atoms with E-state index in [1.165, 1.54) is 6.92 Å². The molecule has 1 amide bonds. The summed E-state index contributed by atoms with van der Waals surface area (Å²) in [6, 6.07) is 5.41. The van der Waals surface area contributed by atoms with Crippen LogP contribution in [0.5, 0.6) is 0 Å². The van der Waals surface area contributed by atoms with Gasteiger partial charge in [0.25, 0.3) is 0 Å². The molecule has 0 aliphatic rings. The molecule has 2 aromatic rings. The summed E-state index contributed by atoms with van der Waals surface area (Å²) in [5.41, 5.74) is 0.971. The fourth-order valence-electron chi connectivity index (χ4n) is 1.55. The second kappa shape index (κ2) is 5.94. The minimum atomic E-state index is -0.166. The molecule has 1 aromatic heterocycles. The van der Waals surface area contributed by atoms with E-state index in [2.05, 4.69) is 26.3 Å². The van der Waals surface area contributed by atoms with Gasteiger partial charge in [0, 0.05) is 13.1 Å². The molecule has 1 N–H and O–H groups in total. The highest BCUT2D eigenvalue weighted by Gasteiger charge is 2.08. The first kappa shape index (κ1) is 14.4. The van der Waals surface area contributed by atoms with Crippen LogP contribution in [0.4, 0.5) is 5.82 Å². The van der Waals surface area contributed by atoms with Crippen molar-refractivity contribution in [3.05, 3.63) is 44.5 Å². The van der Waals surface area contributed by atoms with Gasteiger partial charge in [0.2, 0.25) is 5.91 Å². The van der Waals surface area contributed by atoms with Gasteiger partial charge in [-0.3, -0.25) is 9.48 Å². The molecule has 0 radical (unpaired) electrons. The van der Waals surface area contributed by atoms with Gasteiger partial charge in [0.15, 0.2) is 5.82 Å². The molecular weight excluding hydrogens is 353 g/mol. The number of hydrogen-bond donors (Lipinski definition) is 1. The number of nitrogens with one attached hydrogen (secondary N) is 1. The Morgan fingerprint density at radius 3 is 2.79 bits per heavy atom. The van der Waals surface area contributed by atoms with Gasteiger partial charge in [-0.2, -0.15) is 5.10 Å². The van der Waals surface area contributed by atoms with E-state index >= 15 is 0 Å². The van der Waals surface area contributed by atoms with Crippen molar-refractivity contribution in [2.75, 3.05) is 5.32 Å². The fraction of sp³-hybridized carbons (Fsp3) is 0.167. The van der Waals surface area contributed by atoms with Crippen molar-refractivity contribution in [1.29, 1.82) is 0 Å². The van der Waals surface area contributed by atoms with Crippen LogP contribution in [0.1, 0.15) is 12.5 Å². The summed E-state index contributed by atoms with van der Waals surface area (Å²) in [6.07, 6.45) is 1.79. The molecule has 4 nitrogen and oxygen atoms in total. The van der Waals surface area contributed by atoms with Crippen LogP contribution >= 0.6 is 39.1 Å². The number of carbonyl (C=O) groups is 1. The smallest absolute Gasteiger partial charge is 0.222 e. The number of amides is 1. The Balaban J connectivity index is 2.19. The van der Waals surface area contributed by atoms with Gasteiger partial charge in [-0.25, -0.2) is 0 Å². The van der Waals surface area contributed by atoms with Crippen molar-refractivity contribution in [3.8, 4) is 0 Å². The van der Waals surface area contributed by atoms with Gasteiger partial charge in [-0.05, 0) is 33.6 Å². The highest BCUT2D eigenvalue weighted by atomic mass is 79.9. The molecule has 0 aliphatic heterocycles. The molecule has 0 aliphatic carbocycles. The Morgan fingerprint density at radius 1 is 1.42 bits per heavy atom. The quantitative estimate of drug-likeness (QED) is 0.898. The number of nitrogens with zero attached hydrogens (tertiary/aromatic N) is 2. The Bertz CT molecular complexity index is 627. The molecule has 2 rings (SSSR count). The number of halogens is 3. The number of hydrogen-bond acceptors (Lipinski definition) is 2. The van der Waals surface area contributed by atoms with Crippen LogP contribution < -0.4 is 5.32 Å². The lowest BCUT2D eigenvalue weighted by Crippen LogP contribution is -2.08. The van der Waals surface area contributed by atoms with Gasteiger partial charge in [-0.1, -0.05) is 29.3 Å². The first-order valence-electron chi connectivity index (χ1n) is 5.40. The minimum absolute atomic E-state index is 0.166. The number of benzene rings is 1. The second-order valence-electron chi connectivity index (χ2n) is 3.95. The number of carbonyl (C=O) groups excluding carboxylic acids is 1. The van der Waals surface area contributed by atoms with Gasteiger partial charge in [0.05, 0.1) is 21.1 Å². The van der Waals surface area contributed by atoms with Crippen molar-refractivity contribution < 1.29 is 4.79 Å². The van der Waals surface area contributed by atoms with Crippen LogP contribution in [0.15, 0.2) is 28.9 Å². The summed E-state index contributed by atoms with van der Waals surface area (Å²) in [4.78, 5) is 11.0. The fourth-order valence-corrected chi connectivity index (χ4v) is 2.29. The standard InChI is InChI=1S/C12H10BrCl2N3O/c1-7(19)16-12-9(13)6-18(17-12)5-8-2-3-10(14)11(15)4-8/h2-4,6H,5H2,1H3,(H,16,17,19). The summed E-state index contributed by atoms with van der Waals surface area (Å²) in [6.45, 7) is 1.97. The Morgan fingerprint density at radius 2 is 2.16 bits per heavy atom. The molecule has 100 valence electrons. The lowest BCUT2D eigenvalue weighted by atomic mass is 10.2. The summed E-state index contributed by atoms with van der Waals surface area (Å²) in [5.74, 6) is 0.327. The van der Waals surface area contributed by atoms with Crippen LogP contribution in [0.2, 0.25) is 10.0 Å². The summed E-state index contributed by atoms with van der Waals surface area (Å²) < 4.78 is 2.43. The molecule has 1 heterocycles. The van der Waals surface area contributed by atoms with Gasteiger partial charge < -0.3 is 5.32 Å². The number of aromatic nitrogens is 2. The van der Waals surface area contributed by atoms with E-state index in [1.54, 1.807) is 23.0 Å². The van der Waals surface area contributed by atoms with Crippen LogP contribution in [0.25, 0.3) is 0 Å². The molecule has 0 unspecified atom stereocenters. The van der Waals surface area contributed by atoms with E-state index < -0.39 is 0 Å². The maximum Gasteiger partial charge on any atom is 0.222 e. The average molecular weight is 363 g/mol. The molecule has 1 aromatic carbocycles. The van der Waals surface area contributed by atoms with Crippen molar-refractivity contribution >= 4 is 50.9 Å².